The first-order valence-corrected chi connectivity index (χ1v) is 8.30. The second-order valence-corrected chi connectivity index (χ2v) is 6.56. The molecule has 0 unspecified atom stereocenters. The van der Waals surface area contributed by atoms with E-state index in [0.717, 1.165) is 12.1 Å². The Labute approximate surface area is 119 Å². The first-order valence-electron chi connectivity index (χ1n) is 6.65. The van der Waals surface area contributed by atoms with Crippen molar-refractivity contribution in [2.45, 2.75) is 19.3 Å². The average Bonchev–Trinajstić information content (AvgIpc) is 2.93. The van der Waals surface area contributed by atoms with Crippen LogP contribution in [0.2, 0.25) is 0 Å². The minimum Gasteiger partial charge on any atom is -0.283 e. The van der Waals surface area contributed by atoms with E-state index in [2.05, 4.69) is 14.9 Å². The molecule has 0 fully saturated rings. The van der Waals surface area contributed by atoms with Crippen molar-refractivity contribution in [1.29, 1.82) is 0 Å². The van der Waals surface area contributed by atoms with Crippen molar-refractivity contribution in [1.82, 2.24) is 14.9 Å². The van der Waals surface area contributed by atoms with Gasteiger partial charge in [-0.1, -0.05) is 30.3 Å². The molecular formula is C14H19N3O2S. The van der Waals surface area contributed by atoms with Crippen molar-refractivity contribution in [3.05, 3.63) is 53.9 Å². The van der Waals surface area contributed by atoms with Gasteiger partial charge in [0.2, 0.25) is 10.0 Å². The molecule has 108 valence electrons. The van der Waals surface area contributed by atoms with Crippen molar-refractivity contribution in [2.24, 2.45) is 0 Å². The molecule has 0 bridgehead atoms. The summed E-state index contributed by atoms with van der Waals surface area (Å²) in [5.41, 5.74) is 2.09. The summed E-state index contributed by atoms with van der Waals surface area (Å²) in [6, 6.07) is 11.7. The maximum Gasteiger partial charge on any atom is 0.211 e. The van der Waals surface area contributed by atoms with Gasteiger partial charge in [0.05, 0.1) is 5.75 Å². The Morgan fingerprint density at radius 3 is 2.60 bits per heavy atom. The molecule has 6 heteroatoms. The molecule has 2 aromatic rings. The van der Waals surface area contributed by atoms with E-state index in [9.17, 15) is 8.42 Å². The predicted molar refractivity (Wildman–Crippen MR) is 78.8 cm³/mol. The van der Waals surface area contributed by atoms with E-state index < -0.39 is 10.0 Å². The second-order valence-electron chi connectivity index (χ2n) is 4.63. The number of benzene rings is 1. The van der Waals surface area contributed by atoms with Crippen LogP contribution in [0.25, 0.3) is 0 Å². The Hall–Kier alpha value is -1.66. The second kappa shape index (κ2) is 7.21. The highest BCUT2D eigenvalue weighted by atomic mass is 32.2. The SMILES string of the molecule is O=S(=O)(CCCc1ccccc1)NCCc1ccn[nH]1. The highest BCUT2D eigenvalue weighted by Gasteiger charge is 2.09. The highest BCUT2D eigenvalue weighted by Crippen LogP contribution is 2.03. The molecule has 1 aromatic heterocycles. The van der Waals surface area contributed by atoms with Crippen molar-refractivity contribution in [2.75, 3.05) is 12.3 Å². The third-order valence-electron chi connectivity index (χ3n) is 3.00. The van der Waals surface area contributed by atoms with E-state index in [1.54, 1.807) is 6.20 Å². The lowest BCUT2D eigenvalue weighted by Gasteiger charge is -2.06. The summed E-state index contributed by atoms with van der Waals surface area (Å²) >= 11 is 0. The number of hydrogen-bond donors (Lipinski definition) is 2. The van der Waals surface area contributed by atoms with E-state index in [-0.39, 0.29) is 5.75 Å². The Morgan fingerprint density at radius 2 is 1.90 bits per heavy atom. The van der Waals surface area contributed by atoms with E-state index in [1.807, 2.05) is 36.4 Å². The minimum absolute atomic E-state index is 0.158. The molecule has 0 saturated carbocycles. The molecule has 0 aliphatic carbocycles. The van der Waals surface area contributed by atoms with Gasteiger partial charge in [0.25, 0.3) is 0 Å². The third kappa shape index (κ3) is 5.14. The van der Waals surface area contributed by atoms with Crippen LogP contribution in [0.5, 0.6) is 0 Å². The van der Waals surface area contributed by atoms with Crippen LogP contribution in [0.1, 0.15) is 17.7 Å². The van der Waals surface area contributed by atoms with Crippen LogP contribution in [0.4, 0.5) is 0 Å². The Balaban J connectivity index is 1.68. The smallest absolute Gasteiger partial charge is 0.211 e. The van der Waals surface area contributed by atoms with Gasteiger partial charge in [0, 0.05) is 24.9 Å². The summed E-state index contributed by atoms with van der Waals surface area (Å²) in [5.74, 6) is 0.158. The average molecular weight is 293 g/mol. The fraction of sp³-hybridized carbons (Fsp3) is 0.357. The summed E-state index contributed by atoms with van der Waals surface area (Å²) in [4.78, 5) is 0. The zero-order valence-corrected chi connectivity index (χ0v) is 12.1. The molecule has 2 rings (SSSR count). The topological polar surface area (TPSA) is 74.8 Å². The highest BCUT2D eigenvalue weighted by molar-refractivity contribution is 7.89. The van der Waals surface area contributed by atoms with Crippen LogP contribution >= 0.6 is 0 Å². The van der Waals surface area contributed by atoms with E-state index >= 15 is 0 Å². The van der Waals surface area contributed by atoms with Gasteiger partial charge in [-0.05, 0) is 24.5 Å². The van der Waals surface area contributed by atoms with Crippen molar-refractivity contribution in [3.8, 4) is 0 Å². The lowest BCUT2D eigenvalue weighted by atomic mass is 10.1. The fourth-order valence-electron chi connectivity index (χ4n) is 1.95. The summed E-state index contributed by atoms with van der Waals surface area (Å²) in [7, 11) is -3.19. The number of H-pyrrole nitrogens is 1. The monoisotopic (exact) mass is 293 g/mol. The van der Waals surface area contributed by atoms with Gasteiger partial charge in [-0.3, -0.25) is 5.10 Å². The Morgan fingerprint density at radius 1 is 1.10 bits per heavy atom. The number of nitrogens with zero attached hydrogens (tertiary/aromatic N) is 1. The number of hydrogen-bond acceptors (Lipinski definition) is 3. The quantitative estimate of drug-likeness (QED) is 0.774. The molecular weight excluding hydrogens is 274 g/mol. The van der Waals surface area contributed by atoms with Gasteiger partial charge in [0.15, 0.2) is 0 Å². The van der Waals surface area contributed by atoms with Crippen LogP contribution in [-0.2, 0) is 22.9 Å². The van der Waals surface area contributed by atoms with Crippen LogP contribution in [0.15, 0.2) is 42.6 Å². The maximum atomic E-state index is 11.8. The van der Waals surface area contributed by atoms with Gasteiger partial charge in [-0.15, -0.1) is 0 Å². The third-order valence-corrected chi connectivity index (χ3v) is 4.47. The molecule has 0 aliphatic rings. The molecule has 0 amide bonds. The molecule has 20 heavy (non-hydrogen) atoms. The number of nitrogens with one attached hydrogen (secondary N) is 2. The molecule has 5 nitrogen and oxygen atoms in total. The van der Waals surface area contributed by atoms with Crippen LogP contribution in [0, 0.1) is 0 Å². The summed E-state index contributed by atoms with van der Waals surface area (Å²) in [6.07, 6.45) is 3.69. The summed E-state index contributed by atoms with van der Waals surface area (Å²) < 4.78 is 26.2. The first kappa shape index (κ1) is 14.7. The number of aromatic nitrogens is 2. The molecule has 0 aliphatic heterocycles. The lowest BCUT2D eigenvalue weighted by molar-refractivity contribution is 0.578. The van der Waals surface area contributed by atoms with Crippen molar-refractivity contribution >= 4 is 10.0 Å². The van der Waals surface area contributed by atoms with Crippen LogP contribution in [-0.4, -0.2) is 30.9 Å². The number of rotatable bonds is 8. The summed E-state index contributed by atoms with van der Waals surface area (Å²) in [6.45, 7) is 0.399. The van der Waals surface area contributed by atoms with Crippen molar-refractivity contribution in [3.63, 3.8) is 0 Å². The van der Waals surface area contributed by atoms with E-state index in [4.69, 9.17) is 0 Å². The Bertz CT molecular complexity index is 595. The number of aromatic amines is 1. The largest absolute Gasteiger partial charge is 0.283 e. The fourth-order valence-corrected chi connectivity index (χ4v) is 3.03. The zero-order valence-electron chi connectivity index (χ0n) is 11.2. The predicted octanol–water partition coefficient (Wildman–Crippen LogP) is 1.50. The normalized spacial score (nSPS) is 11.6. The maximum absolute atomic E-state index is 11.8. The molecule has 0 spiro atoms. The standard InChI is InChI=1S/C14H19N3O2S/c18-20(19,16-11-9-14-8-10-15-17-14)12-4-7-13-5-2-1-3-6-13/h1-3,5-6,8,10,16H,4,7,9,11-12H2,(H,15,17). The zero-order chi connectivity index (χ0) is 14.3. The molecule has 0 atom stereocenters. The molecule has 2 N–H and O–H groups in total. The Kier molecular flexibility index (Phi) is 5.31. The molecule has 1 heterocycles. The van der Waals surface area contributed by atoms with Crippen LogP contribution < -0.4 is 4.72 Å². The van der Waals surface area contributed by atoms with Gasteiger partial charge in [-0.2, -0.15) is 5.10 Å². The van der Waals surface area contributed by atoms with E-state index in [0.29, 0.717) is 19.4 Å². The first-order chi connectivity index (χ1) is 9.66. The minimum atomic E-state index is -3.19. The summed E-state index contributed by atoms with van der Waals surface area (Å²) in [5, 5.41) is 6.62. The number of sulfonamides is 1. The van der Waals surface area contributed by atoms with Gasteiger partial charge >= 0.3 is 0 Å². The molecule has 0 saturated heterocycles. The number of aryl methyl sites for hydroxylation is 1. The van der Waals surface area contributed by atoms with Gasteiger partial charge in [-0.25, -0.2) is 13.1 Å². The molecule has 0 radical (unpaired) electrons. The van der Waals surface area contributed by atoms with Crippen molar-refractivity contribution < 1.29 is 8.42 Å². The lowest BCUT2D eigenvalue weighted by Crippen LogP contribution is -2.28. The van der Waals surface area contributed by atoms with Gasteiger partial charge < -0.3 is 0 Å². The van der Waals surface area contributed by atoms with Gasteiger partial charge in [0.1, 0.15) is 0 Å². The van der Waals surface area contributed by atoms with E-state index in [1.165, 1.54) is 5.56 Å². The molecule has 1 aromatic carbocycles. The van der Waals surface area contributed by atoms with Crippen LogP contribution in [0.3, 0.4) is 0 Å².